The fraction of sp³-hybridized carbons (Fsp3) is 0.500. The van der Waals surface area contributed by atoms with Gasteiger partial charge in [-0.3, -0.25) is 19.2 Å². The van der Waals surface area contributed by atoms with Gasteiger partial charge in [-0.2, -0.15) is 0 Å². The number of carbonyl (C=O) groups excluding carboxylic acids is 4. The third-order valence-corrected chi connectivity index (χ3v) is 13.1. The van der Waals surface area contributed by atoms with E-state index in [1.54, 1.807) is 38.1 Å². The Morgan fingerprint density at radius 2 is 0.722 bits per heavy atom. The summed E-state index contributed by atoms with van der Waals surface area (Å²) in [6, 6.07) is 18.3. The maximum atomic E-state index is 12.8. The first-order chi connectivity index (χ1) is 34.8. The first-order valence-electron chi connectivity index (χ1n) is 25.8. The van der Waals surface area contributed by atoms with Gasteiger partial charge in [0.25, 0.3) is 23.4 Å². The minimum absolute atomic E-state index is 0.166. The number of carbonyl (C=O) groups is 6. The normalized spacial score (nSPS) is 11.2. The molecule has 390 valence electrons. The van der Waals surface area contributed by atoms with Crippen molar-refractivity contribution in [3.8, 4) is 23.0 Å². The van der Waals surface area contributed by atoms with E-state index in [0.717, 1.165) is 88.5 Å². The van der Waals surface area contributed by atoms with Crippen molar-refractivity contribution in [3.05, 3.63) is 83.2 Å². The van der Waals surface area contributed by atoms with Gasteiger partial charge in [0.2, 0.25) is 0 Å². The summed E-state index contributed by atoms with van der Waals surface area (Å²) in [7, 11) is 0. The number of primary amides is 2. The molecule has 5 aromatic rings. The number of amides is 2. The third-order valence-electron chi connectivity index (χ3n) is 13.1. The van der Waals surface area contributed by atoms with Crippen LogP contribution in [0.3, 0.4) is 0 Å². The second-order valence-electron chi connectivity index (χ2n) is 18.5. The van der Waals surface area contributed by atoms with Gasteiger partial charge in [0.05, 0.1) is 46.1 Å². The van der Waals surface area contributed by atoms with Crippen molar-refractivity contribution in [1.29, 1.82) is 0 Å². The van der Waals surface area contributed by atoms with Gasteiger partial charge < -0.3 is 49.8 Å². The predicted molar refractivity (Wildman–Crippen MR) is 276 cm³/mol. The minimum atomic E-state index is -1.14. The summed E-state index contributed by atoms with van der Waals surface area (Å²) in [4.78, 5) is 71.7. The minimum Gasteiger partial charge on any atom is -0.490 e. The van der Waals surface area contributed by atoms with E-state index in [9.17, 15) is 28.8 Å². The Morgan fingerprint density at radius 3 is 1.04 bits per heavy atom. The third kappa shape index (κ3) is 16.4. The van der Waals surface area contributed by atoms with Crippen molar-refractivity contribution < 1.29 is 57.9 Å². The summed E-state index contributed by atoms with van der Waals surface area (Å²) in [5, 5.41) is 19.1. The van der Waals surface area contributed by atoms with Gasteiger partial charge >= 0.3 is 11.9 Å². The van der Waals surface area contributed by atoms with Crippen LogP contribution in [0.2, 0.25) is 0 Å². The summed E-state index contributed by atoms with van der Waals surface area (Å²) in [6.07, 6.45) is 22.0. The average molecular weight is 995 g/mol. The number of nitrogens with zero attached hydrogens (tertiary/aromatic N) is 2. The molecule has 6 N–H and O–H groups in total. The van der Waals surface area contributed by atoms with Crippen LogP contribution in [0.1, 0.15) is 161 Å². The second-order valence-corrected chi connectivity index (χ2v) is 18.5. The number of unbranched alkanes of at least 4 members (excludes halogenated alkanes) is 18. The maximum absolute atomic E-state index is 12.8. The Balaban J connectivity index is 0.867. The van der Waals surface area contributed by atoms with E-state index in [1.165, 1.54) is 51.4 Å². The summed E-state index contributed by atoms with van der Waals surface area (Å²) >= 11 is 0. The highest BCUT2D eigenvalue weighted by Gasteiger charge is 2.28. The molecule has 72 heavy (non-hydrogen) atoms. The number of aromatic nitrogens is 2. The molecule has 0 radical (unpaired) electrons. The maximum Gasteiger partial charge on any atom is 0.341 e. The van der Waals surface area contributed by atoms with E-state index >= 15 is 0 Å². The first-order valence-corrected chi connectivity index (χ1v) is 25.8. The van der Waals surface area contributed by atoms with Gasteiger partial charge in [0.15, 0.2) is 24.7 Å². The molecule has 0 aliphatic carbocycles. The second kappa shape index (κ2) is 29.5. The van der Waals surface area contributed by atoms with Crippen molar-refractivity contribution in [3.63, 3.8) is 0 Å². The molecule has 2 aromatic heterocycles. The van der Waals surface area contributed by atoms with Crippen LogP contribution in [0.4, 0.5) is 0 Å². The van der Waals surface area contributed by atoms with Crippen molar-refractivity contribution in [1.82, 2.24) is 9.13 Å². The molecule has 0 aliphatic heterocycles. The predicted octanol–water partition coefficient (Wildman–Crippen LogP) is 10.4. The standard InChI is InChI=1S/C56H74N4O12/c1-39-49(53(65)55(57)67)51-41(27-25-31-45(51)71-37-47(61)62)59(39)33-21-15-11-7-3-5-9-13-17-23-35-69-43-29-19-20-30-44(43)70-36-24-18-14-10-6-4-8-12-16-22-34-60-40(2)50(54(66)56(58)68)52-42(60)28-26-32-46(52)72-38-48(63)64/h19-20,25-32H,3-18,21-24,33-38H2,1-2H3,(H2,57,67)(H2,58,68)(H,61,62)(H,63,64). The van der Waals surface area contributed by atoms with E-state index < -0.39 is 48.5 Å². The number of Topliss-reactive ketones (excluding diaryl/α,β-unsaturated/α-hetero) is 2. The number of rotatable bonds is 38. The molecule has 5 rings (SSSR count). The molecule has 0 saturated carbocycles. The zero-order valence-electron chi connectivity index (χ0n) is 42.2. The van der Waals surface area contributed by atoms with Crippen molar-refractivity contribution >= 4 is 57.1 Å². The first kappa shape index (κ1) is 56.1. The molecule has 0 saturated heterocycles. The summed E-state index contributed by atoms with van der Waals surface area (Å²) < 4.78 is 27.2. The van der Waals surface area contributed by atoms with Crippen LogP contribution in [-0.4, -0.2) is 81.1 Å². The molecular weight excluding hydrogens is 921 g/mol. The van der Waals surface area contributed by atoms with Crippen LogP contribution in [0.25, 0.3) is 21.8 Å². The van der Waals surface area contributed by atoms with E-state index in [-0.39, 0.29) is 22.6 Å². The number of aryl methyl sites for hydroxylation is 2. The van der Waals surface area contributed by atoms with Crippen LogP contribution in [0, 0.1) is 13.8 Å². The number of para-hydroxylation sites is 2. The van der Waals surface area contributed by atoms with Crippen molar-refractivity contribution in [2.24, 2.45) is 11.5 Å². The van der Waals surface area contributed by atoms with E-state index in [4.69, 9.17) is 40.6 Å². The highest BCUT2D eigenvalue weighted by Crippen LogP contribution is 2.36. The number of hydrogen-bond donors (Lipinski definition) is 4. The van der Waals surface area contributed by atoms with E-state index in [1.807, 2.05) is 45.5 Å². The number of hydrogen-bond acceptors (Lipinski definition) is 10. The fourth-order valence-corrected chi connectivity index (χ4v) is 9.51. The molecule has 3 aromatic carbocycles. The quantitative estimate of drug-likeness (QED) is 0.0164. The number of ether oxygens (including phenoxy) is 4. The number of benzene rings is 3. The number of carboxylic acid groups (broad SMARTS) is 2. The van der Waals surface area contributed by atoms with Crippen LogP contribution < -0.4 is 30.4 Å². The average Bonchev–Trinajstić information content (AvgIpc) is 3.81. The molecule has 0 spiro atoms. The topological polar surface area (TPSA) is 242 Å². The lowest BCUT2D eigenvalue weighted by Crippen LogP contribution is -2.24. The Bertz CT molecular complexity index is 2440. The lowest BCUT2D eigenvalue weighted by molar-refractivity contribution is -0.140. The summed E-state index contributed by atoms with van der Waals surface area (Å²) in [5.41, 5.74) is 13.7. The number of aliphatic carboxylic acids is 2. The largest absolute Gasteiger partial charge is 0.490 e. The Morgan fingerprint density at radius 1 is 0.417 bits per heavy atom. The van der Waals surface area contributed by atoms with E-state index in [0.29, 0.717) is 59.5 Å². The Kier molecular flexibility index (Phi) is 23.0. The van der Waals surface area contributed by atoms with E-state index in [2.05, 4.69) is 0 Å². The number of ketones is 2. The van der Waals surface area contributed by atoms with Gasteiger partial charge in [0.1, 0.15) is 11.5 Å². The molecule has 16 nitrogen and oxygen atoms in total. The lowest BCUT2D eigenvalue weighted by Gasteiger charge is -2.12. The van der Waals surface area contributed by atoms with Crippen molar-refractivity contribution in [2.75, 3.05) is 26.4 Å². The van der Waals surface area contributed by atoms with Crippen LogP contribution in [0.15, 0.2) is 60.7 Å². The van der Waals surface area contributed by atoms with Crippen LogP contribution in [-0.2, 0) is 32.3 Å². The molecule has 0 bridgehead atoms. The number of nitrogens with two attached hydrogens (primary N) is 2. The molecule has 2 heterocycles. The highest BCUT2D eigenvalue weighted by molar-refractivity contribution is 6.45. The SMILES string of the molecule is Cc1c(C(=O)C(N)=O)c2c(OCC(=O)O)cccc2n1CCCCCCCCCCCCOc1ccccc1OCCCCCCCCCCCCn1c(C)c(C(=O)C(N)=O)c2c(OCC(=O)O)cccc21. The number of fused-ring (bicyclic) bond motifs is 2. The zero-order chi connectivity index (χ0) is 51.8. The molecule has 0 fully saturated rings. The molecule has 16 heteroatoms. The lowest BCUT2D eigenvalue weighted by atomic mass is 10.1. The molecule has 2 amide bonds. The Hall–Kier alpha value is -6.84. The van der Waals surface area contributed by atoms with Gasteiger partial charge in [-0.15, -0.1) is 0 Å². The summed E-state index contributed by atoms with van der Waals surface area (Å²) in [5.74, 6) is -3.99. The highest BCUT2D eigenvalue weighted by atomic mass is 16.5. The fourth-order valence-electron chi connectivity index (χ4n) is 9.51. The number of carboxylic acids is 2. The van der Waals surface area contributed by atoms with Gasteiger partial charge in [-0.05, 0) is 75.9 Å². The molecular formula is C56H74N4O12. The Labute approximate surface area is 422 Å². The smallest absolute Gasteiger partial charge is 0.341 e. The monoisotopic (exact) mass is 995 g/mol. The van der Waals surface area contributed by atoms with Crippen LogP contribution >= 0.6 is 0 Å². The van der Waals surface area contributed by atoms with Gasteiger partial charge in [-0.25, -0.2) is 9.59 Å². The van der Waals surface area contributed by atoms with Crippen LogP contribution in [0.5, 0.6) is 23.0 Å². The summed E-state index contributed by atoms with van der Waals surface area (Å²) in [6.45, 7) is 5.03. The molecule has 0 unspecified atom stereocenters. The zero-order valence-corrected chi connectivity index (χ0v) is 42.2. The molecule has 0 aliphatic rings. The molecule has 0 atom stereocenters. The van der Waals surface area contributed by atoms with Gasteiger partial charge in [0, 0.05) is 24.5 Å². The van der Waals surface area contributed by atoms with Crippen molar-refractivity contribution in [2.45, 2.75) is 155 Å². The van der Waals surface area contributed by atoms with Gasteiger partial charge in [-0.1, -0.05) is 127 Å².